The van der Waals surface area contributed by atoms with Crippen LogP contribution in [0.2, 0.25) is 0 Å². The minimum absolute atomic E-state index is 0.0974. The quantitative estimate of drug-likeness (QED) is 0.418. The predicted octanol–water partition coefficient (Wildman–Crippen LogP) is 4.61. The molecule has 172 valence electrons. The first-order chi connectivity index (χ1) is 16.5. The highest BCUT2D eigenvalue weighted by molar-refractivity contribution is 5.91. The van der Waals surface area contributed by atoms with Crippen LogP contribution in [0.4, 0.5) is 5.69 Å². The van der Waals surface area contributed by atoms with Crippen LogP contribution in [-0.4, -0.2) is 20.0 Å². The van der Waals surface area contributed by atoms with Crippen molar-refractivity contribution in [3.63, 3.8) is 0 Å². The Kier molecular flexibility index (Phi) is 6.74. The van der Waals surface area contributed by atoms with Crippen molar-refractivity contribution in [2.24, 2.45) is 0 Å². The molecule has 0 fully saturated rings. The third-order valence-electron chi connectivity index (χ3n) is 5.51. The third kappa shape index (κ3) is 4.69. The zero-order valence-electron chi connectivity index (χ0n) is 19.1. The molecule has 0 saturated carbocycles. The van der Waals surface area contributed by atoms with Gasteiger partial charge in [-0.05, 0) is 61.4 Å². The molecule has 0 radical (unpaired) electrons. The molecule has 0 bridgehead atoms. The molecule has 8 heteroatoms. The van der Waals surface area contributed by atoms with Gasteiger partial charge in [0.25, 0.3) is 0 Å². The molecule has 0 unspecified atom stereocenters. The van der Waals surface area contributed by atoms with Gasteiger partial charge >= 0.3 is 5.69 Å². The van der Waals surface area contributed by atoms with Crippen molar-refractivity contribution in [1.82, 2.24) is 14.1 Å². The molecular formula is C26H25N5O3. The monoisotopic (exact) mass is 455 g/mol. The molecule has 8 nitrogen and oxygen atoms in total. The minimum atomic E-state index is -0.188. The van der Waals surface area contributed by atoms with Crippen LogP contribution in [0.15, 0.2) is 65.6 Å². The number of rotatable bonds is 8. The van der Waals surface area contributed by atoms with Gasteiger partial charge in [0.2, 0.25) is 11.8 Å². The largest absolute Gasteiger partial charge is 0.438 e. The van der Waals surface area contributed by atoms with Crippen LogP contribution >= 0.6 is 0 Å². The molecule has 0 aliphatic carbocycles. The Morgan fingerprint density at radius 1 is 1.09 bits per heavy atom. The van der Waals surface area contributed by atoms with Crippen molar-refractivity contribution in [3.8, 4) is 17.7 Å². The van der Waals surface area contributed by atoms with Gasteiger partial charge in [-0.25, -0.2) is 9.78 Å². The van der Waals surface area contributed by atoms with Crippen LogP contribution in [-0.2, 0) is 17.9 Å². The van der Waals surface area contributed by atoms with E-state index in [4.69, 9.17) is 4.74 Å². The lowest BCUT2D eigenvalue weighted by Gasteiger charge is -2.11. The summed E-state index contributed by atoms with van der Waals surface area (Å²) in [5.41, 5.74) is 3.41. The Bertz CT molecular complexity index is 1450. The number of carbonyl (C=O) groups is 1. The number of hydrogen-bond acceptors (Lipinski definition) is 5. The zero-order chi connectivity index (χ0) is 24.1. The molecule has 0 aliphatic rings. The summed E-state index contributed by atoms with van der Waals surface area (Å²) in [6, 6.07) is 18.2. The fraction of sp³-hybridized carbons (Fsp3) is 0.231. The van der Waals surface area contributed by atoms with E-state index < -0.39 is 0 Å². The molecule has 34 heavy (non-hydrogen) atoms. The summed E-state index contributed by atoms with van der Waals surface area (Å²) in [4.78, 5) is 29.7. The fourth-order valence-corrected chi connectivity index (χ4v) is 3.86. The number of ether oxygens (including phenoxy) is 1. The van der Waals surface area contributed by atoms with Crippen LogP contribution in [0.5, 0.6) is 11.6 Å². The van der Waals surface area contributed by atoms with E-state index in [0.29, 0.717) is 30.1 Å². The second-order valence-corrected chi connectivity index (χ2v) is 7.92. The van der Waals surface area contributed by atoms with Crippen LogP contribution in [0, 0.1) is 18.3 Å². The maximum atomic E-state index is 12.9. The van der Waals surface area contributed by atoms with E-state index in [2.05, 4.69) is 10.3 Å². The Hall–Kier alpha value is -4.38. The Balaban J connectivity index is 1.45. The molecule has 2 heterocycles. The molecule has 0 atom stereocenters. The number of nitrogens with zero attached hydrogens (tertiary/aromatic N) is 4. The predicted molar refractivity (Wildman–Crippen MR) is 130 cm³/mol. The topological polar surface area (TPSA) is 102 Å². The molecule has 2 aromatic carbocycles. The molecule has 0 aliphatic heterocycles. The van der Waals surface area contributed by atoms with Gasteiger partial charge in [0, 0.05) is 31.4 Å². The number of pyridine rings is 1. The maximum absolute atomic E-state index is 12.9. The molecule has 4 rings (SSSR count). The highest BCUT2D eigenvalue weighted by atomic mass is 16.5. The summed E-state index contributed by atoms with van der Waals surface area (Å²) in [7, 11) is 0. The summed E-state index contributed by atoms with van der Waals surface area (Å²) < 4.78 is 9.16. The second-order valence-electron chi connectivity index (χ2n) is 7.92. The number of imidazole rings is 1. The van der Waals surface area contributed by atoms with E-state index in [0.717, 1.165) is 23.0 Å². The molecule has 0 spiro atoms. The molecule has 1 N–H and O–H groups in total. The van der Waals surface area contributed by atoms with Gasteiger partial charge in [0.1, 0.15) is 17.4 Å². The molecule has 1 amide bonds. The van der Waals surface area contributed by atoms with Crippen molar-refractivity contribution in [1.29, 1.82) is 5.26 Å². The summed E-state index contributed by atoms with van der Waals surface area (Å²) in [5.74, 6) is 0.558. The van der Waals surface area contributed by atoms with Crippen molar-refractivity contribution in [2.45, 2.75) is 39.8 Å². The maximum Gasteiger partial charge on any atom is 0.329 e. The number of aryl methyl sites for hydroxylation is 3. The molecule has 2 aromatic heterocycles. The first-order valence-electron chi connectivity index (χ1n) is 11.1. The van der Waals surface area contributed by atoms with Gasteiger partial charge in [0.05, 0.1) is 11.0 Å². The van der Waals surface area contributed by atoms with Crippen molar-refractivity contribution >= 4 is 22.6 Å². The van der Waals surface area contributed by atoms with Crippen LogP contribution in [0.25, 0.3) is 11.0 Å². The van der Waals surface area contributed by atoms with E-state index >= 15 is 0 Å². The SMILES string of the molecule is CCCn1c(=O)n(CCC(=O)Nc2ccc(Oc3ncccc3C#N)cc2C)c2ccccc21. The number of para-hydroxylation sites is 2. The lowest BCUT2D eigenvalue weighted by molar-refractivity contribution is -0.116. The van der Waals surface area contributed by atoms with Crippen molar-refractivity contribution in [2.75, 3.05) is 5.32 Å². The summed E-state index contributed by atoms with van der Waals surface area (Å²) in [5, 5.41) is 12.1. The van der Waals surface area contributed by atoms with E-state index in [1.165, 1.54) is 0 Å². The van der Waals surface area contributed by atoms with Gasteiger partial charge < -0.3 is 10.1 Å². The summed E-state index contributed by atoms with van der Waals surface area (Å²) in [6.07, 6.45) is 2.57. The Morgan fingerprint density at radius 2 is 1.82 bits per heavy atom. The average molecular weight is 456 g/mol. The zero-order valence-corrected chi connectivity index (χ0v) is 19.1. The number of nitrogens with one attached hydrogen (secondary N) is 1. The summed E-state index contributed by atoms with van der Waals surface area (Å²) >= 11 is 0. The number of anilines is 1. The molecule has 4 aromatic rings. The first kappa shape index (κ1) is 22.8. The van der Waals surface area contributed by atoms with E-state index in [1.54, 1.807) is 45.7 Å². The minimum Gasteiger partial charge on any atom is -0.438 e. The van der Waals surface area contributed by atoms with E-state index in [1.807, 2.05) is 44.2 Å². The number of carbonyl (C=O) groups excluding carboxylic acids is 1. The number of amides is 1. The highest BCUT2D eigenvalue weighted by Gasteiger charge is 2.14. The first-order valence-corrected chi connectivity index (χ1v) is 11.1. The normalized spacial score (nSPS) is 10.7. The smallest absolute Gasteiger partial charge is 0.329 e. The lowest BCUT2D eigenvalue weighted by atomic mass is 10.2. The number of hydrogen-bond donors (Lipinski definition) is 1. The van der Waals surface area contributed by atoms with E-state index in [9.17, 15) is 14.9 Å². The Labute approximate surface area is 197 Å². The second kappa shape index (κ2) is 10.0. The number of fused-ring (bicyclic) bond motifs is 1. The van der Waals surface area contributed by atoms with E-state index in [-0.39, 0.29) is 23.9 Å². The van der Waals surface area contributed by atoms with Gasteiger partial charge in [-0.1, -0.05) is 19.1 Å². The number of benzene rings is 2. The van der Waals surface area contributed by atoms with Crippen molar-refractivity contribution in [3.05, 3.63) is 82.4 Å². The lowest BCUT2D eigenvalue weighted by Crippen LogP contribution is -2.26. The average Bonchev–Trinajstić information content (AvgIpc) is 3.11. The molecule has 0 saturated heterocycles. The Morgan fingerprint density at radius 3 is 2.50 bits per heavy atom. The molecular weight excluding hydrogens is 430 g/mol. The van der Waals surface area contributed by atoms with Crippen LogP contribution in [0.3, 0.4) is 0 Å². The summed E-state index contributed by atoms with van der Waals surface area (Å²) in [6.45, 7) is 4.82. The van der Waals surface area contributed by atoms with Gasteiger partial charge in [0.15, 0.2) is 0 Å². The van der Waals surface area contributed by atoms with Crippen LogP contribution < -0.4 is 15.7 Å². The van der Waals surface area contributed by atoms with Crippen molar-refractivity contribution < 1.29 is 9.53 Å². The van der Waals surface area contributed by atoms with Crippen LogP contribution in [0.1, 0.15) is 30.9 Å². The fourth-order valence-electron chi connectivity index (χ4n) is 3.86. The van der Waals surface area contributed by atoms with Gasteiger partial charge in [-0.15, -0.1) is 0 Å². The number of aromatic nitrogens is 3. The number of nitriles is 1. The third-order valence-corrected chi connectivity index (χ3v) is 5.51. The highest BCUT2D eigenvalue weighted by Crippen LogP contribution is 2.27. The van der Waals surface area contributed by atoms with Gasteiger partial charge in [-0.3, -0.25) is 13.9 Å². The standard InChI is InChI=1S/C26H25N5O3/c1-3-14-30-22-8-4-5-9-23(22)31(26(30)33)15-12-24(32)29-21-11-10-20(16-18(21)2)34-25-19(17-27)7-6-13-28-25/h4-11,13,16H,3,12,14-15H2,1-2H3,(H,29,32). The van der Waals surface area contributed by atoms with Gasteiger partial charge in [-0.2, -0.15) is 5.26 Å².